The van der Waals surface area contributed by atoms with Gasteiger partial charge in [0.05, 0.1) is 19.1 Å². The Bertz CT molecular complexity index is 791. The van der Waals surface area contributed by atoms with E-state index in [1.54, 1.807) is 42.2 Å². The van der Waals surface area contributed by atoms with Crippen molar-refractivity contribution in [3.05, 3.63) is 65.2 Å². The first-order valence-electron chi connectivity index (χ1n) is 8.32. The molecule has 7 heteroatoms. The summed E-state index contributed by atoms with van der Waals surface area (Å²) in [6.07, 6.45) is 1.55. The minimum atomic E-state index is -0.441. The average Bonchev–Trinajstić information content (AvgIpc) is 2.68. The molecule has 0 heterocycles. The Labute approximate surface area is 162 Å². The van der Waals surface area contributed by atoms with Gasteiger partial charge < -0.3 is 9.47 Å². The van der Waals surface area contributed by atoms with Crippen molar-refractivity contribution in [3.8, 4) is 5.75 Å². The highest BCUT2D eigenvalue weighted by Crippen LogP contribution is 2.15. The molecule has 1 N–H and O–H groups in total. The fourth-order valence-electron chi connectivity index (χ4n) is 2.09. The molecule has 0 saturated heterocycles. The molecule has 0 aliphatic rings. The van der Waals surface area contributed by atoms with Crippen molar-refractivity contribution in [1.29, 1.82) is 0 Å². The van der Waals surface area contributed by atoms with E-state index in [4.69, 9.17) is 4.74 Å². The highest BCUT2D eigenvalue weighted by Gasteiger charge is 2.03. The number of ether oxygens (including phenoxy) is 2. The smallest absolute Gasteiger partial charge is 0.343 e. The summed E-state index contributed by atoms with van der Waals surface area (Å²) in [5.74, 6) is 1.09. The monoisotopic (exact) mass is 386 g/mol. The maximum atomic E-state index is 11.8. The maximum absolute atomic E-state index is 11.8. The molecule has 0 aromatic heterocycles. The molecular formula is C20H22N2O4S. The van der Waals surface area contributed by atoms with Gasteiger partial charge in [0.15, 0.2) is 6.61 Å². The fourth-order valence-corrected chi connectivity index (χ4v) is 2.98. The van der Waals surface area contributed by atoms with Crippen LogP contribution in [0.3, 0.4) is 0 Å². The second-order valence-electron chi connectivity index (χ2n) is 5.65. The Morgan fingerprint density at radius 2 is 1.89 bits per heavy atom. The largest absolute Gasteiger partial charge is 0.482 e. The molecule has 0 saturated carbocycles. The fraction of sp³-hybridized carbons (Fsp3) is 0.250. The zero-order chi connectivity index (χ0) is 19.5. The van der Waals surface area contributed by atoms with Gasteiger partial charge >= 0.3 is 5.97 Å². The summed E-state index contributed by atoms with van der Waals surface area (Å²) in [4.78, 5) is 22.8. The normalized spacial score (nSPS) is 10.6. The molecule has 0 bridgehead atoms. The van der Waals surface area contributed by atoms with E-state index in [0.717, 1.165) is 11.3 Å². The van der Waals surface area contributed by atoms with Gasteiger partial charge in [-0.2, -0.15) is 5.10 Å². The third-order valence-electron chi connectivity index (χ3n) is 3.62. The lowest BCUT2D eigenvalue weighted by Gasteiger charge is -2.05. The van der Waals surface area contributed by atoms with E-state index in [0.29, 0.717) is 11.5 Å². The van der Waals surface area contributed by atoms with E-state index in [-0.39, 0.29) is 12.5 Å². The first-order valence-corrected chi connectivity index (χ1v) is 9.48. The van der Waals surface area contributed by atoms with Crippen molar-refractivity contribution < 1.29 is 19.1 Å². The molecule has 0 radical (unpaired) electrons. The first kappa shape index (κ1) is 20.5. The number of esters is 1. The Kier molecular flexibility index (Phi) is 8.38. The van der Waals surface area contributed by atoms with Gasteiger partial charge in [0.25, 0.3) is 0 Å². The predicted molar refractivity (Wildman–Crippen MR) is 107 cm³/mol. The molecule has 0 aliphatic carbocycles. The van der Waals surface area contributed by atoms with Crippen molar-refractivity contribution in [1.82, 2.24) is 5.43 Å². The zero-order valence-electron chi connectivity index (χ0n) is 15.3. The van der Waals surface area contributed by atoms with Gasteiger partial charge in [-0.05, 0) is 47.9 Å². The van der Waals surface area contributed by atoms with Crippen LogP contribution in [-0.2, 0) is 20.1 Å². The third-order valence-corrected chi connectivity index (χ3v) is 4.60. The number of rotatable bonds is 9. The average molecular weight is 386 g/mol. The van der Waals surface area contributed by atoms with Crippen molar-refractivity contribution in [2.45, 2.75) is 12.7 Å². The number of hydrogen-bond donors (Lipinski definition) is 1. The number of nitrogens with zero attached hydrogens (tertiary/aromatic N) is 1. The van der Waals surface area contributed by atoms with E-state index < -0.39 is 5.97 Å². The molecule has 0 spiro atoms. The number of hydrazone groups is 1. The molecule has 0 atom stereocenters. The van der Waals surface area contributed by atoms with Crippen molar-refractivity contribution in [2.24, 2.45) is 5.10 Å². The van der Waals surface area contributed by atoms with Gasteiger partial charge in [-0.3, -0.25) is 4.79 Å². The summed E-state index contributed by atoms with van der Waals surface area (Å²) in [6.45, 7) is 1.92. The lowest BCUT2D eigenvalue weighted by Crippen LogP contribution is -2.19. The molecule has 6 nitrogen and oxygen atoms in total. The summed E-state index contributed by atoms with van der Waals surface area (Å²) in [5.41, 5.74) is 5.77. The predicted octanol–water partition coefficient (Wildman–Crippen LogP) is 2.93. The van der Waals surface area contributed by atoms with Crippen molar-refractivity contribution in [3.63, 3.8) is 0 Å². The van der Waals surface area contributed by atoms with Crippen molar-refractivity contribution in [2.75, 3.05) is 19.5 Å². The summed E-state index contributed by atoms with van der Waals surface area (Å²) in [5, 5.41) is 3.95. The number of hydrogen-bond acceptors (Lipinski definition) is 6. The Morgan fingerprint density at radius 1 is 1.15 bits per heavy atom. The molecule has 0 aliphatic heterocycles. The topological polar surface area (TPSA) is 77.0 Å². The number of nitrogens with one attached hydrogen (secondary N) is 1. The first-order chi connectivity index (χ1) is 13.1. The number of amides is 1. The van der Waals surface area contributed by atoms with Crippen LogP contribution in [0.25, 0.3) is 0 Å². The van der Waals surface area contributed by atoms with Crippen LogP contribution in [0.4, 0.5) is 0 Å². The van der Waals surface area contributed by atoms with Crippen LogP contribution < -0.4 is 10.2 Å². The lowest BCUT2D eigenvalue weighted by atomic mass is 10.1. The van der Waals surface area contributed by atoms with Crippen LogP contribution in [0.15, 0.2) is 53.6 Å². The van der Waals surface area contributed by atoms with Gasteiger partial charge in [-0.25, -0.2) is 10.2 Å². The summed E-state index contributed by atoms with van der Waals surface area (Å²) >= 11 is 1.55. The van der Waals surface area contributed by atoms with Crippen LogP contribution in [0.5, 0.6) is 5.75 Å². The van der Waals surface area contributed by atoms with E-state index in [9.17, 15) is 9.59 Å². The molecule has 2 rings (SSSR count). The molecule has 142 valence electrons. The molecule has 1 amide bonds. The highest BCUT2D eigenvalue weighted by atomic mass is 32.2. The Morgan fingerprint density at radius 3 is 2.59 bits per heavy atom. The van der Waals surface area contributed by atoms with Crippen LogP contribution in [0.2, 0.25) is 0 Å². The number of benzene rings is 2. The second kappa shape index (κ2) is 11.0. The Hall–Kier alpha value is -2.80. The standard InChI is InChI=1S/C20H22N2O4S/c1-15-5-3-4-6-17(15)13-27-14-19(23)22-21-11-16-7-9-18(10-8-16)26-12-20(24)25-2/h3-11H,12-14H2,1-2H3,(H,22,23)/b21-11-. The molecule has 2 aromatic rings. The van der Waals surface area contributed by atoms with Gasteiger partial charge in [0.1, 0.15) is 5.75 Å². The van der Waals surface area contributed by atoms with E-state index >= 15 is 0 Å². The van der Waals surface area contributed by atoms with Crippen LogP contribution in [-0.4, -0.2) is 37.6 Å². The number of thioether (sulfide) groups is 1. The van der Waals surface area contributed by atoms with Gasteiger partial charge in [0, 0.05) is 5.75 Å². The van der Waals surface area contributed by atoms with Crippen LogP contribution in [0.1, 0.15) is 16.7 Å². The molecule has 0 unspecified atom stereocenters. The van der Waals surface area contributed by atoms with Crippen molar-refractivity contribution >= 4 is 29.9 Å². The van der Waals surface area contributed by atoms with E-state index in [2.05, 4.69) is 34.3 Å². The third kappa shape index (κ3) is 7.53. The Balaban J connectivity index is 1.70. The minimum absolute atomic E-state index is 0.139. The summed E-state index contributed by atoms with van der Waals surface area (Å²) in [6, 6.07) is 15.1. The molecule has 27 heavy (non-hydrogen) atoms. The van der Waals surface area contributed by atoms with Gasteiger partial charge in [0.2, 0.25) is 5.91 Å². The van der Waals surface area contributed by atoms with E-state index in [1.807, 2.05) is 12.1 Å². The molecule has 2 aromatic carbocycles. The molecule has 0 fully saturated rings. The zero-order valence-corrected chi connectivity index (χ0v) is 16.1. The summed E-state index contributed by atoms with van der Waals surface area (Å²) < 4.78 is 9.76. The van der Waals surface area contributed by atoms with Gasteiger partial charge in [-0.15, -0.1) is 11.8 Å². The van der Waals surface area contributed by atoms with Crippen LogP contribution in [0, 0.1) is 6.92 Å². The van der Waals surface area contributed by atoms with Crippen LogP contribution >= 0.6 is 11.8 Å². The second-order valence-corrected chi connectivity index (χ2v) is 6.63. The highest BCUT2D eigenvalue weighted by molar-refractivity contribution is 7.99. The minimum Gasteiger partial charge on any atom is -0.482 e. The van der Waals surface area contributed by atoms with E-state index in [1.165, 1.54) is 18.2 Å². The number of methoxy groups -OCH3 is 1. The quantitative estimate of drug-likeness (QED) is 0.407. The SMILES string of the molecule is COC(=O)COc1ccc(/C=N\NC(=O)CSCc2ccccc2C)cc1. The summed E-state index contributed by atoms with van der Waals surface area (Å²) in [7, 11) is 1.31. The molecular weight excluding hydrogens is 364 g/mol. The lowest BCUT2D eigenvalue weighted by molar-refractivity contribution is -0.142. The number of carbonyl (C=O) groups excluding carboxylic acids is 2. The number of carbonyl (C=O) groups is 2. The van der Waals surface area contributed by atoms with Gasteiger partial charge in [-0.1, -0.05) is 24.3 Å². The maximum Gasteiger partial charge on any atom is 0.343 e. The number of aryl methyl sites for hydroxylation is 1.